The predicted molar refractivity (Wildman–Crippen MR) is 29.5 cm³/mol. The third-order valence-corrected chi connectivity index (χ3v) is 1.13. The van der Waals surface area contributed by atoms with Gasteiger partial charge in [0.25, 0.3) is 0 Å². The van der Waals surface area contributed by atoms with Gasteiger partial charge in [0, 0.05) is 12.4 Å². The fraction of sp³-hybridized carbons (Fsp3) is 0.250. The van der Waals surface area contributed by atoms with E-state index in [0.717, 1.165) is 0 Å². The van der Waals surface area contributed by atoms with Crippen molar-refractivity contribution in [3.63, 3.8) is 0 Å². The number of halogens is 1. The van der Waals surface area contributed by atoms with E-state index in [9.17, 15) is 0 Å². The number of hydrogen-bond donors (Lipinski definition) is 1. The maximum atomic E-state index is 8.45. The van der Waals surface area contributed by atoms with Crippen LogP contribution >= 0.6 is 11.6 Å². The molecule has 1 aromatic rings. The molecule has 0 bridgehead atoms. The molecule has 0 unspecified atom stereocenters. The first-order valence-electron chi connectivity index (χ1n) is 2.12. The molecule has 0 aliphatic rings. The molecule has 44 valence electrons. The molecular weight excluding hydrogens is 128 g/mol. The first-order valence-corrected chi connectivity index (χ1v) is 2.50. The van der Waals surface area contributed by atoms with Gasteiger partial charge >= 0.3 is 0 Å². The van der Waals surface area contributed by atoms with Crippen LogP contribution in [0.1, 0.15) is 0 Å². The summed E-state index contributed by atoms with van der Waals surface area (Å²) in [4.78, 5) is 3.66. The van der Waals surface area contributed by atoms with Gasteiger partial charge in [0.2, 0.25) is 5.28 Å². The summed E-state index contributed by atoms with van der Waals surface area (Å²) >= 11 is 5.43. The van der Waals surface area contributed by atoms with E-state index in [1.165, 1.54) is 10.8 Å². The minimum atomic E-state index is -0.112. The topological polar surface area (TPSA) is 38.0 Å². The van der Waals surface area contributed by atoms with Crippen molar-refractivity contribution in [1.82, 2.24) is 9.55 Å². The van der Waals surface area contributed by atoms with E-state index >= 15 is 0 Å². The van der Waals surface area contributed by atoms with Crippen LogP contribution in [0.2, 0.25) is 5.28 Å². The smallest absolute Gasteiger partial charge is 0.204 e. The van der Waals surface area contributed by atoms with Crippen LogP contribution in [-0.4, -0.2) is 14.7 Å². The Morgan fingerprint density at radius 2 is 2.62 bits per heavy atom. The highest BCUT2D eigenvalue weighted by Gasteiger charge is 1.92. The normalized spacial score (nSPS) is 9.75. The molecule has 0 fully saturated rings. The van der Waals surface area contributed by atoms with Crippen LogP contribution in [0.5, 0.6) is 0 Å². The van der Waals surface area contributed by atoms with Crippen molar-refractivity contribution in [1.29, 1.82) is 0 Å². The Morgan fingerprint density at radius 3 is 2.88 bits per heavy atom. The monoisotopic (exact) mass is 132 g/mol. The molecular formula is C4H5ClN2O. The molecule has 1 heterocycles. The summed E-state index contributed by atoms with van der Waals surface area (Å²) < 4.78 is 1.42. The van der Waals surface area contributed by atoms with E-state index in [0.29, 0.717) is 5.28 Å². The zero-order chi connectivity index (χ0) is 5.98. The fourth-order valence-corrected chi connectivity index (χ4v) is 0.583. The lowest BCUT2D eigenvalue weighted by atomic mass is 10.9. The minimum Gasteiger partial charge on any atom is -0.376 e. The summed E-state index contributed by atoms with van der Waals surface area (Å²) in [5.74, 6) is 0. The van der Waals surface area contributed by atoms with Gasteiger partial charge in [-0.1, -0.05) is 0 Å². The van der Waals surface area contributed by atoms with E-state index in [2.05, 4.69) is 4.98 Å². The van der Waals surface area contributed by atoms with Gasteiger partial charge in [0.1, 0.15) is 6.73 Å². The molecule has 0 aromatic carbocycles. The van der Waals surface area contributed by atoms with Crippen LogP contribution in [0.3, 0.4) is 0 Å². The van der Waals surface area contributed by atoms with Crippen LogP contribution < -0.4 is 0 Å². The molecule has 0 aliphatic heterocycles. The van der Waals surface area contributed by atoms with E-state index in [1.54, 1.807) is 6.20 Å². The van der Waals surface area contributed by atoms with E-state index < -0.39 is 0 Å². The highest BCUT2D eigenvalue weighted by Crippen LogP contribution is 2.01. The molecule has 1 rings (SSSR count). The third kappa shape index (κ3) is 0.827. The summed E-state index contributed by atoms with van der Waals surface area (Å²) in [6, 6.07) is 0. The Balaban J connectivity index is 2.92. The van der Waals surface area contributed by atoms with Gasteiger partial charge < -0.3 is 5.11 Å². The van der Waals surface area contributed by atoms with Gasteiger partial charge in [-0.15, -0.1) is 0 Å². The summed E-state index contributed by atoms with van der Waals surface area (Å²) in [6.45, 7) is -0.112. The Labute approximate surface area is 51.5 Å². The number of rotatable bonds is 1. The molecule has 0 amide bonds. The van der Waals surface area contributed by atoms with Gasteiger partial charge in [-0.05, 0) is 11.6 Å². The molecule has 0 aliphatic carbocycles. The second-order valence-corrected chi connectivity index (χ2v) is 1.65. The zero-order valence-corrected chi connectivity index (χ0v) is 4.84. The van der Waals surface area contributed by atoms with E-state index in [1.807, 2.05) is 0 Å². The third-order valence-electron chi connectivity index (χ3n) is 0.817. The number of aliphatic hydroxyl groups is 1. The number of nitrogens with zero attached hydrogens (tertiary/aromatic N) is 2. The van der Waals surface area contributed by atoms with E-state index in [-0.39, 0.29) is 6.73 Å². The molecule has 1 aromatic heterocycles. The minimum absolute atomic E-state index is 0.112. The lowest BCUT2D eigenvalue weighted by Gasteiger charge is -1.92. The summed E-state index contributed by atoms with van der Waals surface area (Å²) in [6.07, 6.45) is 3.13. The second-order valence-electron chi connectivity index (χ2n) is 1.31. The van der Waals surface area contributed by atoms with Crippen molar-refractivity contribution in [2.75, 3.05) is 0 Å². The van der Waals surface area contributed by atoms with Crippen LogP contribution in [0, 0.1) is 0 Å². The summed E-state index contributed by atoms with van der Waals surface area (Å²) in [5.41, 5.74) is 0. The molecule has 1 N–H and O–H groups in total. The summed E-state index contributed by atoms with van der Waals surface area (Å²) in [7, 11) is 0. The lowest BCUT2D eigenvalue weighted by Crippen LogP contribution is -1.92. The molecule has 0 saturated carbocycles. The second kappa shape index (κ2) is 2.15. The van der Waals surface area contributed by atoms with Gasteiger partial charge in [-0.2, -0.15) is 0 Å². The van der Waals surface area contributed by atoms with Crippen molar-refractivity contribution < 1.29 is 5.11 Å². The van der Waals surface area contributed by atoms with Crippen LogP contribution in [-0.2, 0) is 6.73 Å². The van der Waals surface area contributed by atoms with E-state index in [4.69, 9.17) is 16.7 Å². The molecule has 3 nitrogen and oxygen atoms in total. The van der Waals surface area contributed by atoms with Crippen molar-refractivity contribution in [3.8, 4) is 0 Å². The first kappa shape index (κ1) is 5.59. The van der Waals surface area contributed by atoms with Gasteiger partial charge in [-0.25, -0.2) is 4.98 Å². The highest BCUT2D eigenvalue weighted by atomic mass is 35.5. The summed E-state index contributed by atoms with van der Waals surface area (Å²) in [5, 5.41) is 8.76. The van der Waals surface area contributed by atoms with Gasteiger partial charge in [0.05, 0.1) is 0 Å². The molecule has 0 radical (unpaired) electrons. The Hall–Kier alpha value is -0.540. The largest absolute Gasteiger partial charge is 0.376 e. The Kier molecular flexibility index (Phi) is 1.50. The fourth-order valence-electron chi connectivity index (χ4n) is 0.416. The quantitative estimate of drug-likeness (QED) is 0.604. The molecule has 0 spiro atoms. The molecule has 0 atom stereocenters. The number of aromatic nitrogens is 2. The maximum Gasteiger partial charge on any atom is 0.204 e. The van der Waals surface area contributed by atoms with Crippen molar-refractivity contribution in [2.24, 2.45) is 0 Å². The first-order chi connectivity index (χ1) is 3.84. The zero-order valence-electron chi connectivity index (χ0n) is 4.08. The van der Waals surface area contributed by atoms with Crippen LogP contribution in [0.15, 0.2) is 12.4 Å². The SMILES string of the molecule is OCn1ccnc1Cl. The van der Waals surface area contributed by atoms with Gasteiger partial charge in [0.15, 0.2) is 0 Å². The number of aliphatic hydroxyl groups excluding tert-OH is 1. The van der Waals surface area contributed by atoms with Gasteiger partial charge in [-0.3, -0.25) is 4.57 Å². The van der Waals surface area contributed by atoms with Crippen molar-refractivity contribution in [3.05, 3.63) is 17.7 Å². The molecule has 8 heavy (non-hydrogen) atoms. The van der Waals surface area contributed by atoms with Crippen molar-refractivity contribution in [2.45, 2.75) is 6.73 Å². The average molecular weight is 133 g/mol. The predicted octanol–water partition coefficient (Wildman–Crippen LogP) is 0.486. The van der Waals surface area contributed by atoms with Crippen LogP contribution in [0.4, 0.5) is 0 Å². The molecule has 4 heteroatoms. The van der Waals surface area contributed by atoms with Crippen molar-refractivity contribution >= 4 is 11.6 Å². The lowest BCUT2D eigenvalue weighted by molar-refractivity contribution is 0.210. The number of hydrogen-bond acceptors (Lipinski definition) is 2. The maximum absolute atomic E-state index is 8.45. The Bertz CT molecular complexity index is 174. The van der Waals surface area contributed by atoms with Crippen LogP contribution in [0.25, 0.3) is 0 Å². The average Bonchev–Trinajstić information content (AvgIpc) is 2.14. The standard InChI is InChI=1S/C4H5ClN2O/c5-4-6-1-2-7(4)3-8/h1-2,8H,3H2. The molecule has 0 saturated heterocycles. The highest BCUT2D eigenvalue weighted by molar-refractivity contribution is 6.28. The number of imidazole rings is 1. The Morgan fingerprint density at radius 1 is 1.88 bits per heavy atom.